The van der Waals surface area contributed by atoms with Crippen molar-refractivity contribution >= 4 is 45.9 Å². The van der Waals surface area contributed by atoms with Crippen molar-refractivity contribution in [2.45, 2.75) is 18.9 Å². The van der Waals surface area contributed by atoms with E-state index in [0.29, 0.717) is 29.2 Å². The SMILES string of the molecule is CN1CCN(C2CCN(c3ccc(Nc4nccc(Nc5ccccc5N(C)[S+](C)[O-])n4)cc3F)CC2)CC1. The third-order valence-electron chi connectivity index (χ3n) is 7.61. The van der Waals surface area contributed by atoms with E-state index in [4.69, 9.17) is 0 Å². The zero-order chi connectivity index (χ0) is 27.4. The Morgan fingerprint density at radius 2 is 1.74 bits per heavy atom. The van der Waals surface area contributed by atoms with Gasteiger partial charge < -0.3 is 25.0 Å². The number of halogens is 1. The summed E-state index contributed by atoms with van der Waals surface area (Å²) < 4.78 is 28.9. The fourth-order valence-corrected chi connectivity index (χ4v) is 5.68. The Kier molecular flexibility index (Phi) is 8.71. The lowest BCUT2D eigenvalue weighted by atomic mass is 10.0. The number of para-hydroxylation sites is 2. The van der Waals surface area contributed by atoms with Crippen LogP contribution in [0.5, 0.6) is 0 Å². The number of nitrogens with zero attached hydrogens (tertiary/aromatic N) is 6. The van der Waals surface area contributed by atoms with Crippen molar-refractivity contribution in [2.75, 3.05) is 79.5 Å². The molecule has 2 saturated heterocycles. The van der Waals surface area contributed by atoms with Gasteiger partial charge >= 0.3 is 0 Å². The van der Waals surface area contributed by atoms with E-state index in [1.54, 1.807) is 29.9 Å². The number of nitrogens with one attached hydrogen (secondary N) is 2. The van der Waals surface area contributed by atoms with Crippen LogP contribution in [-0.4, -0.2) is 90.0 Å². The van der Waals surface area contributed by atoms with E-state index in [-0.39, 0.29) is 5.82 Å². The Hall–Kier alpha value is -3.12. The highest BCUT2D eigenvalue weighted by Gasteiger charge is 2.27. The number of likely N-dealkylation sites (N-methyl/N-ethyl adjacent to an activating group) is 1. The van der Waals surface area contributed by atoms with Gasteiger partial charge in [0.25, 0.3) is 0 Å². The standard InChI is InChI=1S/C28H37FN8OS/c1-34-16-18-36(19-17-34)22-11-14-37(15-12-22)25-9-8-21(20-23(25)29)31-28-30-13-10-27(33-28)32-24-6-4-5-7-26(24)35(2)39(3)38/h4-10,13,20,22H,11-12,14-19H2,1-3H3,(H2,30,31,32,33). The van der Waals surface area contributed by atoms with Gasteiger partial charge in [0.15, 0.2) is 0 Å². The molecule has 1 unspecified atom stereocenters. The first-order valence-electron chi connectivity index (χ1n) is 13.4. The van der Waals surface area contributed by atoms with Crippen LogP contribution in [0, 0.1) is 5.82 Å². The molecule has 0 radical (unpaired) electrons. The maximum atomic E-state index is 15.2. The molecule has 3 heterocycles. The third kappa shape index (κ3) is 6.73. The Morgan fingerprint density at radius 3 is 2.46 bits per heavy atom. The van der Waals surface area contributed by atoms with Gasteiger partial charge in [-0.2, -0.15) is 9.29 Å². The average Bonchev–Trinajstić information content (AvgIpc) is 2.94. The summed E-state index contributed by atoms with van der Waals surface area (Å²) in [6.07, 6.45) is 5.38. The van der Waals surface area contributed by atoms with Crippen molar-refractivity contribution in [3.05, 3.63) is 60.5 Å². The number of rotatable bonds is 8. The van der Waals surface area contributed by atoms with Crippen LogP contribution in [-0.2, 0) is 11.4 Å². The van der Waals surface area contributed by atoms with Gasteiger partial charge in [0.05, 0.1) is 29.8 Å². The van der Waals surface area contributed by atoms with Crippen LogP contribution in [0.25, 0.3) is 0 Å². The second-order valence-corrected chi connectivity index (χ2v) is 11.6. The van der Waals surface area contributed by atoms with E-state index in [1.807, 2.05) is 36.4 Å². The molecule has 0 spiro atoms. The molecule has 5 rings (SSSR count). The van der Waals surface area contributed by atoms with Gasteiger partial charge in [-0.05, 0) is 56.3 Å². The number of piperidine rings is 1. The van der Waals surface area contributed by atoms with Gasteiger partial charge in [0.2, 0.25) is 5.95 Å². The monoisotopic (exact) mass is 552 g/mol. The number of piperazine rings is 1. The molecule has 1 atom stereocenters. The molecule has 0 bridgehead atoms. The van der Waals surface area contributed by atoms with Gasteiger partial charge in [-0.3, -0.25) is 4.90 Å². The highest BCUT2D eigenvalue weighted by atomic mass is 32.2. The number of benzene rings is 2. The lowest BCUT2D eigenvalue weighted by molar-refractivity contribution is 0.0981. The minimum atomic E-state index is -1.17. The van der Waals surface area contributed by atoms with Gasteiger partial charge in [0.1, 0.15) is 23.6 Å². The fourth-order valence-electron chi connectivity index (χ4n) is 5.25. The van der Waals surface area contributed by atoms with Crippen LogP contribution in [0.15, 0.2) is 54.7 Å². The molecule has 208 valence electrons. The molecule has 2 fully saturated rings. The van der Waals surface area contributed by atoms with E-state index in [9.17, 15) is 4.55 Å². The maximum absolute atomic E-state index is 15.2. The minimum absolute atomic E-state index is 0.253. The minimum Gasteiger partial charge on any atom is -0.593 e. The Bertz CT molecular complexity index is 1250. The van der Waals surface area contributed by atoms with Crippen LogP contribution in [0.2, 0.25) is 0 Å². The first-order valence-corrected chi connectivity index (χ1v) is 14.9. The second-order valence-electron chi connectivity index (χ2n) is 10.2. The molecule has 11 heteroatoms. The topological polar surface area (TPSA) is 85.9 Å². The molecule has 3 aromatic rings. The third-order valence-corrected chi connectivity index (χ3v) is 8.58. The van der Waals surface area contributed by atoms with Crippen molar-refractivity contribution in [3.8, 4) is 0 Å². The number of aromatic nitrogens is 2. The van der Waals surface area contributed by atoms with Crippen molar-refractivity contribution in [2.24, 2.45) is 0 Å². The van der Waals surface area contributed by atoms with E-state index in [2.05, 4.69) is 42.3 Å². The first-order chi connectivity index (χ1) is 18.9. The maximum Gasteiger partial charge on any atom is 0.229 e. The van der Waals surface area contributed by atoms with Crippen LogP contribution < -0.4 is 19.8 Å². The van der Waals surface area contributed by atoms with Crippen molar-refractivity contribution in [1.29, 1.82) is 0 Å². The van der Waals surface area contributed by atoms with Crippen LogP contribution in [0.4, 0.5) is 38.9 Å². The molecule has 2 aliphatic rings. The van der Waals surface area contributed by atoms with Gasteiger partial charge in [-0.25, -0.2) is 9.37 Å². The molecule has 2 N–H and O–H groups in total. The van der Waals surface area contributed by atoms with Crippen molar-refractivity contribution < 1.29 is 8.94 Å². The summed E-state index contributed by atoms with van der Waals surface area (Å²) in [4.78, 5) is 16.0. The van der Waals surface area contributed by atoms with E-state index in [0.717, 1.165) is 63.5 Å². The highest BCUT2D eigenvalue weighted by molar-refractivity contribution is 7.92. The quantitative estimate of drug-likeness (QED) is 0.402. The zero-order valence-corrected chi connectivity index (χ0v) is 23.6. The van der Waals surface area contributed by atoms with Crippen LogP contribution >= 0.6 is 0 Å². The van der Waals surface area contributed by atoms with Gasteiger partial charge in [-0.15, -0.1) is 0 Å². The molecule has 39 heavy (non-hydrogen) atoms. The molecule has 9 nitrogen and oxygen atoms in total. The predicted octanol–water partition coefficient (Wildman–Crippen LogP) is 4.05. The van der Waals surface area contributed by atoms with Crippen molar-refractivity contribution in [3.63, 3.8) is 0 Å². The molecule has 0 amide bonds. The Labute approximate surface area is 233 Å². The summed E-state index contributed by atoms with van der Waals surface area (Å²) in [6, 6.07) is 15.1. The summed E-state index contributed by atoms with van der Waals surface area (Å²) >= 11 is -1.17. The second kappa shape index (κ2) is 12.4. The highest BCUT2D eigenvalue weighted by Crippen LogP contribution is 2.30. The molecule has 2 aromatic carbocycles. The molecular formula is C28H37FN8OS. The van der Waals surface area contributed by atoms with Crippen molar-refractivity contribution in [1.82, 2.24) is 19.8 Å². The number of hydrogen-bond donors (Lipinski definition) is 2. The van der Waals surface area contributed by atoms with E-state index >= 15 is 4.39 Å². The first kappa shape index (κ1) is 27.4. The molecular weight excluding hydrogens is 515 g/mol. The lowest BCUT2D eigenvalue weighted by Crippen LogP contribution is -2.52. The summed E-state index contributed by atoms with van der Waals surface area (Å²) in [7, 11) is 3.95. The molecule has 0 aliphatic carbocycles. The van der Waals surface area contributed by atoms with Crippen LogP contribution in [0.1, 0.15) is 12.8 Å². The lowest BCUT2D eigenvalue weighted by Gasteiger charge is -2.42. The van der Waals surface area contributed by atoms with Gasteiger partial charge in [-0.1, -0.05) is 12.1 Å². The summed E-state index contributed by atoms with van der Waals surface area (Å²) in [5, 5.41) is 6.39. The Morgan fingerprint density at radius 1 is 1.00 bits per heavy atom. The summed E-state index contributed by atoms with van der Waals surface area (Å²) in [5.74, 6) is 0.664. The van der Waals surface area contributed by atoms with Gasteiger partial charge in [0, 0.05) is 57.2 Å². The summed E-state index contributed by atoms with van der Waals surface area (Å²) in [6.45, 7) is 6.21. The summed E-state index contributed by atoms with van der Waals surface area (Å²) in [5.41, 5.74) is 2.79. The largest absolute Gasteiger partial charge is 0.593 e. The number of anilines is 6. The number of hydrogen-bond acceptors (Lipinski definition) is 9. The molecule has 0 saturated carbocycles. The smallest absolute Gasteiger partial charge is 0.229 e. The van der Waals surface area contributed by atoms with Crippen LogP contribution in [0.3, 0.4) is 0 Å². The average molecular weight is 553 g/mol. The van der Waals surface area contributed by atoms with E-state index < -0.39 is 11.4 Å². The van der Waals surface area contributed by atoms with E-state index in [1.165, 1.54) is 6.07 Å². The molecule has 2 aliphatic heterocycles. The fraction of sp³-hybridized carbons (Fsp3) is 0.429. The normalized spacial score (nSPS) is 18.1. The molecule has 1 aromatic heterocycles. The predicted molar refractivity (Wildman–Crippen MR) is 158 cm³/mol. The zero-order valence-electron chi connectivity index (χ0n) is 22.8. The Balaban J connectivity index is 1.21.